The third kappa shape index (κ3) is 1.80. The highest BCUT2D eigenvalue weighted by molar-refractivity contribution is 6.31. The van der Waals surface area contributed by atoms with E-state index in [9.17, 15) is 4.79 Å². The highest BCUT2D eigenvalue weighted by atomic mass is 35.5. The number of hydrogen-bond acceptors (Lipinski definition) is 4. The predicted molar refractivity (Wildman–Crippen MR) is 55.0 cm³/mol. The molecular formula is C10H8ClNO3. The zero-order chi connectivity index (χ0) is 10.8. The minimum Gasteiger partial charge on any atom is -0.460 e. The molecule has 0 atom stereocenters. The van der Waals surface area contributed by atoms with Gasteiger partial charge in [-0.2, -0.15) is 0 Å². The molecule has 1 heterocycles. The lowest BCUT2D eigenvalue weighted by Gasteiger charge is -1.96. The molecule has 0 amide bonds. The van der Waals surface area contributed by atoms with Crippen molar-refractivity contribution >= 4 is 28.5 Å². The maximum atomic E-state index is 11.4. The Balaban J connectivity index is 2.49. The molecule has 4 nitrogen and oxygen atoms in total. The number of hydrogen-bond donors (Lipinski definition) is 0. The van der Waals surface area contributed by atoms with Crippen molar-refractivity contribution in [3.05, 3.63) is 29.0 Å². The first kappa shape index (κ1) is 9.98. The lowest BCUT2D eigenvalue weighted by atomic mass is 10.2. The Labute approximate surface area is 90.8 Å². The van der Waals surface area contributed by atoms with Crippen LogP contribution in [0.25, 0.3) is 10.9 Å². The Kier molecular flexibility index (Phi) is 2.60. The molecule has 0 unspecified atom stereocenters. The molecule has 0 N–H and O–H groups in total. The molecule has 15 heavy (non-hydrogen) atoms. The number of ether oxygens (including phenoxy) is 1. The standard InChI is InChI=1S/C10H8ClNO3/c1-2-14-10(13)9-7-4-3-6(11)5-8(7)12-15-9/h3-5H,2H2,1H3. The number of fused-ring (bicyclic) bond motifs is 1. The van der Waals surface area contributed by atoms with Crippen molar-refractivity contribution in [2.75, 3.05) is 6.61 Å². The average molecular weight is 226 g/mol. The molecule has 5 heteroatoms. The number of esters is 1. The third-order valence-corrected chi connectivity index (χ3v) is 2.14. The highest BCUT2D eigenvalue weighted by Gasteiger charge is 2.17. The van der Waals surface area contributed by atoms with Crippen molar-refractivity contribution in [1.29, 1.82) is 0 Å². The summed E-state index contributed by atoms with van der Waals surface area (Å²) in [6, 6.07) is 4.98. The van der Waals surface area contributed by atoms with Crippen LogP contribution in [0.2, 0.25) is 5.02 Å². The van der Waals surface area contributed by atoms with Gasteiger partial charge in [0, 0.05) is 5.02 Å². The highest BCUT2D eigenvalue weighted by Crippen LogP contribution is 2.22. The maximum Gasteiger partial charge on any atom is 0.377 e. The molecule has 78 valence electrons. The van der Waals surface area contributed by atoms with E-state index in [1.165, 1.54) is 0 Å². The summed E-state index contributed by atoms with van der Waals surface area (Å²) in [5.74, 6) is -0.397. The van der Waals surface area contributed by atoms with Crippen LogP contribution in [0.5, 0.6) is 0 Å². The number of aromatic nitrogens is 1. The van der Waals surface area contributed by atoms with Gasteiger partial charge in [-0.15, -0.1) is 0 Å². The van der Waals surface area contributed by atoms with Crippen LogP contribution < -0.4 is 0 Å². The Hall–Kier alpha value is -1.55. The van der Waals surface area contributed by atoms with Crippen molar-refractivity contribution in [3.63, 3.8) is 0 Å². The number of rotatable bonds is 2. The lowest BCUT2D eigenvalue weighted by Crippen LogP contribution is -2.03. The van der Waals surface area contributed by atoms with Gasteiger partial charge in [-0.1, -0.05) is 16.8 Å². The summed E-state index contributed by atoms with van der Waals surface area (Å²) >= 11 is 5.77. The Morgan fingerprint density at radius 1 is 1.60 bits per heavy atom. The molecule has 0 fully saturated rings. The van der Waals surface area contributed by atoms with Crippen LogP contribution >= 0.6 is 11.6 Å². The largest absolute Gasteiger partial charge is 0.460 e. The van der Waals surface area contributed by atoms with Crippen LogP contribution in [-0.2, 0) is 4.74 Å². The summed E-state index contributed by atoms with van der Waals surface area (Å²) in [6.45, 7) is 2.03. The van der Waals surface area contributed by atoms with Gasteiger partial charge in [0.2, 0.25) is 0 Å². The molecule has 0 aliphatic carbocycles. The van der Waals surface area contributed by atoms with E-state index in [-0.39, 0.29) is 5.76 Å². The number of carbonyl (C=O) groups is 1. The minimum atomic E-state index is -0.512. The molecule has 0 bridgehead atoms. The molecule has 1 aromatic heterocycles. The number of halogens is 1. The van der Waals surface area contributed by atoms with Crippen molar-refractivity contribution < 1.29 is 14.1 Å². The second kappa shape index (κ2) is 3.90. The van der Waals surface area contributed by atoms with Crippen molar-refractivity contribution in [3.8, 4) is 0 Å². The fourth-order valence-electron chi connectivity index (χ4n) is 1.26. The number of nitrogens with zero attached hydrogens (tertiary/aromatic N) is 1. The van der Waals surface area contributed by atoms with Gasteiger partial charge in [0.05, 0.1) is 12.0 Å². The second-order valence-corrected chi connectivity index (χ2v) is 3.33. The molecule has 0 saturated heterocycles. The number of carbonyl (C=O) groups excluding carboxylic acids is 1. The Morgan fingerprint density at radius 2 is 2.40 bits per heavy atom. The monoisotopic (exact) mass is 225 g/mol. The summed E-state index contributed by atoms with van der Waals surface area (Å²) < 4.78 is 9.72. The van der Waals surface area contributed by atoms with Crippen LogP contribution in [-0.4, -0.2) is 17.7 Å². The van der Waals surface area contributed by atoms with Crippen molar-refractivity contribution in [2.45, 2.75) is 6.92 Å². The topological polar surface area (TPSA) is 52.3 Å². The van der Waals surface area contributed by atoms with Gasteiger partial charge in [-0.25, -0.2) is 4.79 Å². The summed E-state index contributed by atoms with van der Waals surface area (Å²) in [7, 11) is 0. The maximum absolute atomic E-state index is 11.4. The van der Waals surface area contributed by atoms with Gasteiger partial charge < -0.3 is 9.26 Å². The fraction of sp³-hybridized carbons (Fsp3) is 0.200. The van der Waals surface area contributed by atoms with E-state index in [0.29, 0.717) is 22.5 Å². The number of benzene rings is 1. The summed E-state index contributed by atoms with van der Waals surface area (Å²) in [4.78, 5) is 11.4. The van der Waals surface area contributed by atoms with E-state index in [1.807, 2.05) is 0 Å². The van der Waals surface area contributed by atoms with Crippen molar-refractivity contribution in [1.82, 2.24) is 5.16 Å². The van der Waals surface area contributed by atoms with Gasteiger partial charge in [0.15, 0.2) is 0 Å². The molecule has 0 aliphatic rings. The van der Waals surface area contributed by atoms with E-state index in [0.717, 1.165) is 0 Å². The lowest BCUT2D eigenvalue weighted by molar-refractivity contribution is 0.0483. The zero-order valence-electron chi connectivity index (χ0n) is 7.99. The second-order valence-electron chi connectivity index (χ2n) is 2.89. The van der Waals surface area contributed by atoms with Gasteiger partial charge >= 0.3 is 5.97 Å². The SMILES string of the molecule is CCOC(=O)c1onc2cc(Cl)ccc12. The first-order valence-corrected chi connectivity index (χ1v) is 4.82. The zero-order valence-corrected chi connectivity index (χ0v) is 8.75. The van der Waals surface area contributed by atoms with Crippen LogP contribution in [0.4, 0.5) is 0 Å². The van der Waals surface area contributed by atoms with Crippen LogP contribution in [0, 0.1) is 0 Å². The van der Waals surface area contributed by atoms with E-state index in [2.05, 4.69) is 5.16 Å². The van der Waals surface area contributed by atoms with Crippen LogP contribution in [0.1, 0.15) is 17.5 Å². The predicted octanol–water partition coefficient (Wildman–Crippen LogP) is 2.66. The average Bonchev–Trinajstić information content (AvgIpc) is 2.60. The smallest absolute Gasteiger partial charge is 0.377 e. The van der Waals surface area contributed by atoms with E-state index < -0.39 is 5.97 Å². The summed E-state index contributed by atoms with van der Waals surface area (Å²) in [5, 5.41) is 4.88. The van der Waals surface area contributed by atoms with Crippen molar-refractivity contribution in [2.24, 2.45) is 0 Å². The summed E-state index contributed by atoms with van der Waals surface area (Å²) in [5.41, 5.74) is 0.547. The Bertz CT molecular complexity index is 506. The van der Waals surface area contributed by atoms with Gasteiger partial charge in [0.1, 0.15) is 5.52 Å². The molecule has 0 aliphatic heterocycles. The van der Waals surface area contributed by atoms with E-state index in [4.69, 9.17) is 20.9 Å². The molecule has 0 radical (unpaired) electrons. The molecule has 2 aromatic rings. The first-order valence-electron chi connectivity index (χ1n) is 4.44. The van der Waals surface area contributed by atoms with Crippen LogP contribution in [0.3, 0.4) is 0 Å². The molecule has 0 saturated carbocycles. The fourth-order valence-corrected chi connectivity index (χ4v) is 1.43. The van der Waals surface area contributed by atoms with E-state index in [1.54, 1.807) is 25.1 Å². The van der Waals surface area contributed by atoms with E-state index >= 15 is 0 Å². The van der Waals surface area contributed by atoms with Gasteiger partial charge in [0.25, 0.3) is 5.76 Å². The molecular weight excluding hydrogens is 218 g/mol. The molecule has 0 spiro atoms. The Morgan fingerprint density at radius 3 is 3.13 bits per heavy atom. The van der Waals surface area contributed by atoms with Gasteiger partial charge in [-0.05, 0) is 25.1 Å². The normalized spacial score (nSPS) is 10.5. The van der Waals surface area contributed by atoms with Crippen LogP contribution in [0.15, 0.2) is 22.7 Å². The molecule has 2 rings (SSSR count). The first-order chi connectivity index (χ1) is 7.22. The minimum absolute atomic E-state index is 0.114. The summed E-state index contributed by atoms with van der Waals surface area (Å²) in [6.07, 6.45) is 0. The quantitative estimate of drug-likeness (QED) is 0.738. The van der Waals surface area contributed by atoms with Gasteiger partial charge in [-0.3, -0.25) is 0 Å². The third-order valence-electron chi connectivity index (χ3n) is 1.90. The molecule has 1 aromatic carbocycles.